The van der Waals surface area contributed by atoms with E-state index >= 15 is 0 Å². The third kappa shape index (κ3) is 0.745. The molecule has 1 aliphatic heterocycles. The molecule has 8 heteroatoms. The van der Waals surface area contributed by atoms with Crippen molar-refractivity contribution in [2.45, 2.75) is 18.0 Å². The number of carbonyl (C=O) groups excluding carboxylic acids is 1. The van der Waals surface area contributed by atoms with Crippen LogP contribution in [0.25, 0.3) is 0 Å². The van der Waals surface area contributed by atoms with E-state index in [2.05, 4.69) is 4.74 Å². The molecule has 0 saturated carbocycles. The molecule has 12 heavy (non-hydrogen) atoms. The molecule has 2 nitrogen and oxygen atoms in total. The zero-order chi connectivity index (χ0) is 9.78. The lowest BCUT2D eigenvalue weighted by molar-refractivity contribution is -0.324. The van der Waals surface area contributed by atoms with E-state index in [0.29, 0.717) is 0 Å². The van der Waals surface area contributed by atoms with Crippen LogP contribution in [0.2, 0.25) is 0 Å². The zero-order valence-electron chi connectivity index (χ0n) is 5.08. The standard InChI is InChI=1S/C4F6O2/c5-2(6)1(11)12-4(9,10)3(2,7)8. The first-order valence-electron chi connectivity index (χ1n) is 2.50. The number of halogens is 6. The van der Waals surface area contributed by atoms with Gasteiger partial charge in [0, 0.05) is 0 Å². The molecule has 0 aliphatic carbocycles. The Hall–Kier alpha value is -0.950. The molecule has 0 aromatic heterocycles. The summed E-state index contributed by atoms with van der Waals surface area (Å²) in [6.45, 7) is 0. The van der Waals surface area contributed by atoms with Gasteiger partial charge in [0.05, 0.1) is 0 Å². The van der Waals surface area contributed by atoms with Crippen LogP contribution >= 0.6 is 0 Å². The topological polar surface area (TPSA) is 26.3 Å². The molecule has 0 N–H and O–H groups in total. The van der Waals surface area contributed by atoms with Crippen LogP contribution in [0.3, 0.4) is 0 Å². The van der Waals surface area contributed by atoms with E-state index in [0.717, 1.165) is 0 Å². The van der Waals surface area contributed by atoms with Gasteiger partial charge in [-0.05, 0) is 0 Å². The highest BCUT2D eigenvalue weighted by Gasteiger charge is 2.84. The molecule has 0 amide bonds. The maximum atomic E-state index is 11.9. The van der Waals surface area contributed by atoms with Crippen LogP contribution in [0, 0.1) is 0 Å². The molecule has 70 valence electrons. The Labute approximate surface area is 61.1 Å². The van der Waals surface area contributed by atoms with Crippen LogP contribution in [-0.4, -0.2) is 23.9 Å². The maximum absolute atomic E-state index is 11.9. The third-order valence-electron chi connectivity index (χ3n) is 1.24. The number of hydrogen-bond acceptors (Lipinski definition) is 2. The zero-order valence-corrected chi connectivity index (χ0v) is 5.08. The van der Waals surface area contributed by atoms with E-state index in [1.54, 1.807) is 0 Å². The largest absolute Gasteiger partial charge is 0.473 e. The van der Waals surface area contributed by atoms with E-state index in [-0.39, 0.29) is 0 Å². The Morgan fingerprint density at radius 3 is 1.50 bits per heavy atom. The monoisotopic (exact) mass is 194 g/mol. The second-order valence-electron chi connectivity index (χ2n) is 2.06. The van der Waals surface area contributed by atoms with E-state index in [1.165, 1.54) is 0 Å². The van der Waals surface area contributed by atoms with Crippen molar-refractivity contribution in [3.8, 4) is 0 Å². The molecule has 0 unspecified atom stereocenters. The van der Waals surface area contributed by atoms with Gasteiger partial charge in [0.1, 0.15) is 0 Å². The van der Waals surface area contributed by atoms with Gasteiger partial charge in [0.2, 0.25) is 0 Å². The molecule has 1 fully saturated rings. The second kappa shape index (κ2) is 1.86. The van der Waals surface area contributed by atoms with Crippen LogP contribution in [-0.2, 0) is 9.53 Å². The van der Waals surface area contributed by atoms with Crippen molar-refractivity contribution in [1.82, 2.24) is 0 Å². The molecule has 1 aliphatic rings. The van der Waals surface area contributed by atoms with Gasteiger partial charge < -0.3 is 4.74 Å². The molecule has 0 aromatic carbocycles. The predicted molar refractivity (Wildman–Crippen MR) is 20.9 cm³/mol. The van der Waals surface area contributed by atoms with E-state index in [1.807, 2.05) is 0 Å². The van der Waals surface area contributed by atoms with Crippen molar-refractivity contribution in [1.29, 1.82) is 0 Å². The molecule has 0 aromatic rings. The maximum Gasteiger partial charge on any atom is 0.473 e. The summed E-state index contributed by atoms with van der Waals surface area (Å²) in [5, 5.41) is 0. The number of esters is 1. The van der Waals surface area contributed by atoms with Crippen LogP contribution in [0.4, 0.5) is 26.3 Å². The Kier molecular flexibility index (Phi) is 1.41. The molecule has 0 radical (unpaired) electrons. The number of alkyl halides is 6. The summed E-state index contributed by atoms with van der Waals surface area (Å²) < 4.78 is 73.7. The van der Waals surface area contributed by atoms with E-state index < -0.39 is 23.9 Å². The minimum atomic E-state index is -5.78. The quantitative estimate of drug-likeness (QED) is 0.430. The summed E-state index contributed by atoms with van der Waals surface area (Å²) in [7, 11) is 0. The van der Waals surface area contributed by atoms with Gasteiger partial charge in [-0.2, -0.15) is 26.3 Å². The molecule has 1 heterocycles. The van der Waals surface area contributed by atoms with Gasteiger partial charge in [-0.3, -0.25) is 0 Å². The van der Waals surface area contributed by atoms with Crippen molar-refractivity contribution in [3.63, 3.8) is 0 Å². The van der Waals surface area contributed by atoms with Gasteiger partial charge in [-0.25, -0.2) is 4.79 Å². The minimum Gasteiger partial charge on any atom is -0.391 e. The SMILES string of the molecule is O=C1OC(F)(F)C(F)(F)C1(F)F. The summed E-state index contributed by atoms with van der Waals surface area (Å²) in [5.41, 5.74) is 0. The summed E-state index contributed by atoms with van der Waals surface area (Å²) in [6, 6.07) is 0. The lowest BCUT2D eigenvalue weighted by Gasteiger charge is -2.17. The van der Waals surface area contributed by atoms with Crippen molar-refractivity contribution >= 4 is 5.97 Å². The highest BCUT2D eigenvalue weighted by Crippen LogP contribution is 2.52. The van der Waals surface area contributed by atoms with Crippen molar-refractivity contribution in [2.75, 3.05) is 0 Å². The van der Waals surface area contributed by atoms with Crippen molar-refractivity contribution in [2.24, 2.45) is 0 Å². The lowest BCUT2D eigenvalue weighted by atomic mass is 10.2. The lowest BCUT2D eigenvalue weighted by Crippen LogP contribution is -2.48. The number of cyclic esters (lactones) is 1. The first-order chi connectivity index (χ1) is 5.13. The van der Waals surface area contributed by atoms with Crippen LogP contribution in [0.1, 0.15) is 0 Å². The van der Waals surface area contributed by atoms with Crippen LogP contribution in [0.5, 0.6) is 0 Å². The molecular weight excluding hydrogens is 194 g/mol. The highest BCUT2D eigenvalue weighted by molar-refractivity contribution is 5.82. The fourth-order valence-corrected chi connectivity index (χ4v) is 0.556. The molecule has 0 spiro atoms. The van der Waals surface area contributed by atoms with Crippen LogP contribution in [0.15, 0.2) is 0 Å². The number of ether oxygens (including phenoxy) is 1. The number of rotatable bonds is 0. The number of carbonyl (C=O) groups is 1. The van der Waals surface area contributed by atoms with Gasteiger partial charge in [-0.15, -0.1) is 0 Å². The summed E-state index contributed by atoms with van der Waals surface area (Å²) in [5.74, 6) is -14.2. The van der Waals surface area contributed by atoms with E-state index in [4.69, 9.17) is 0 Å². The molecular formula is C4F6O2. The van der Waals surface area contributed by atoms with Gasteiger partial charge in [0.25, 0.3) is 0 Å². The van der Waals surface area contributed by atoms with Crippen molar-refractivity contribution < 1.29 is 35.9 Å². The average molecular weight is 194 g/mol. The number of hydrogen-bond donors (Lipinski definition) is 0. The molecule has 1 saturated heterocycles. The fourth-order valence-electron chi connectivity index (χ4n) is 0.556. The van der Waals surface area contributed by atoms with Crippen LogP contribution < -0.4 is 0 Å². The Morgan fingerprint density at radius 1 is 1.00 bits per heavy atom. The molecule has 0 bridgehead atoms. The Bertz CT molecular complexity index is 234. The van der Waals surface area contributed by atoms with Gasteiger partial charge in [0.15, 0.2) is 0 Å². The highest BCUT2D eigenvalue weighted by atomic mass is 19.4. The third-order valence-corrected chi connectivity index (χ3v) is 1.24. The Morgan fingerprint density at radius 2 is 1.42 bits per heavy atom. The smallest absolute Gasteiger partial charge is 0.391 e. The Balaban J connectivity index is 3.19. The first-order valence-corrected chi connectivity index (χ1v) is 2.50. The normalized spacial score (nSPS) is 30.0. The molecule has 1 rings (SSSR count). The summed E-state index contributed by atoms with van der Waals surface area (Å²) in [6.07, 6.45) is -5.44. The van der Waals surface area contributed by atoms with Crippen molar-refractivity contribution in [3.05, 3.63) is 0 Å². The fraction of sp³-hybridized carbons (Fsp3) is 0.750. The second-order valence-corrected chi connectivity index (χ2v) is 2.06. The minimum absolute atomic E-state index is 2.51. The van der Waals surface area contributed by atoms with E-state index in [9.17, 15) is 31.1 Å². The van der Waals surface area contributed by atoms with Gasteiger partial charge in [-0.1, -0.05) is 0 Å². The molecule has 0 atom stereocenters. The predicted octanol–water partition coefficient (Wildman–Crippen LogP) is 1.41. The average Bonchev–Trinajstić information content (AvgIpc) is 1.92. The summed E-state index contributed by atoms with van der Waals surface area (Å²) in [4.78, 5) is 9.79. The summed E-state index contributed by atoms with van der Waals surface area (Å²) >= 11 is 0. The first kappa shape index (κ1) is 9.14. The van der Waals surface area contributed by atoms with Gasteiger partial charge >= 0.3 is 23.9 Å².